The fourth-order valence-corrected chi connectivity index (χ4v) is 9.38. The van der Waals surface area contributed by atoms with Gasteiger partial charge in [-0.1, -0.05) is 35.4 Å². The molecule has 15 nitrogen and oxygen atoms in total. The van der Waals surface area contributed by atoms with E-state index in [0.717, 1.165) is 59.8 Å². The highest BCUT2D eigenvalue weighted by Gasteiger charge is 2.81. The molecule has 234 valence electrons. The molecule has 1 saturated heterocycles. The highest BCUT2D eigenvalue weighted by molar-refractivity contribution is 7.91. The first-order valence-corrected chi connectivity index (χ1v) is 16.5. The van der Waals surface area contributed by atoms with Crippen LogP contribution >= 0.6 is 7.94 Å². The minimum atomic E-state index is -5.35. The molecule has 43 heavy (non-hydrogen) atoms. The number of imide groups is 1. The molecule has 1 N–H and O–H groups in total. The van der Waals surface area contributed by atoms with Crippen molar-refractivity contribution >= 4 is 45.9 Å². The Balaban J connectivity index is 2.61. The van der Waals surface area contributed by atoms with E-state index in [9.17, 15) is 36.3 Å². The van der Waals surface area contributed by atoms with Gasteiger partial charge in [0.15, 0.2) is 0 Å². The Morgan fingerprint density at radius 1 is 0.744 bits per heavy atom. The number of benzene rings is 2. The summed E-state index contributed by atoms with van der Waals surface area (Å²) in [7, 11) is -10.5. The van der Waals surface area contributed by atoms with Crippen LogP contribution in [0, 0.1) is 13.8 Å². The third-order valence-corrected chi connectivity index (χ3v) is 12.4. The van der Waals surface area contributed by atoms with E-state index in [0.29, 0.717) is 11.1 Å². The van der Waals surface area contributed by atoms with Gasteiger partial charge in [0.1, 0.15) is 0 Å². The molecule has 1 unspecified atom stereocenters. The van der Waals surface area contributed by atoms with Crippen LogP contribution in [0.15, 0.2) is 69.6 Å². The highest BCUT2D eigenvalue weighted by atomic mass is 32.2. The molecule has 0 aromatic heterocycles. The van der Waals surface area contributed by atoms with Crippen LogP contribution in [0.4, 0.5) is 4.79 Å². The number of carbonyl (C=O) groups is 3. The molecule has 1 aliphatic heterocycles. The summed E-state index contributed by atoms with van der Waals surface area (Å²) in [6.45, 7) is 3.29. The van der Waals surface area contributed by atoms with Gasteiger partial charge in [-0.3, -0.25) is 4.79 Å². The lowest BCUT2D eigenvalue weighted by Crippen LogP contribution is -2.60. The third kappa shape index (κ3) is 5.15. The zero-order valence-corrected chi connectivity index (χ0v) is 26.7. The number of sulfonamides is 2. The van der Waals surface area contributed by atoms with E-state index in [1.54, 1.807) is 13.8 Å². The molecule has 1 heterocycles. The van der Waals surface area contributed by atoms with Crippen LogP contribution in [0.2, 0.25) is 0 Å². The summed E-state index contributed by atoms with van der Waals surface area (Å²) in [4.78, 5) is 41.3. The number of aryl methyl sites for hydroxylation is 2. The number of aliphatic hydroxyl groups excluding tert-OH is 1. The molecule has 3 rings (SSSR count). The molecule has 0 saturated carbocycles. The van der Waals surface area contributed by atoms with Crippen LogP contribution in [-0.2, 0) is 52.7 Å². The largest absolute Gasteiger partial charge is 0.478 e. The van der Waals surface area contributed by atoms with Crippen molar-refractivity contribution in [3.05, 3.63) is 70.9 Å². The summed E-state index contributed by atoms with van der Waals surface area (Å²) in [6.07, 6.45) is 0. The first kappa shape index (κ1) is 33.9. The molecule has 18 heteroatoms. The number of nitrogens with zero attached hydrogens (tertiary/aromatic N) is 2. The quantitative estimate of drug-likeness (QED) is 0.122. The summed E-state index contributed by atoms with van der Waals surface area (Å²) < 4.78 is 81.3. The molecule has 0 bridgehead atoms. The van der Waals surface area contributed by atoms with E-state index in [2.05, 4.69) is 0 Å². The SMILES string of the molecule is COC(=O)C1(/C(=C(\O)OC)[P+](OC)(OC)OC)C(=O)N(S(=O)(=O)c2ccc(C)cc2)C(=O)N1S(=O)(=O)c1ccc(C)cc1. The van der Waals surface area contributed by atoms with Crippen LogP contribution < -0.4 is 0 Å². The van der Waals surface area contributed by atoms with Crippen molar-refractivity contribution in [2.75, 3.05) is 35.5 Å². The van der Waals surface area contributed by atoms with E-state index < -0.39 is 76.8 Å². The van der Waals surface area contributed by atoms with Gasteiger partial charge in [0, 0.05) is 0 Å². The fourth-order valence-electron chi connectivity index (χ4n) is 4.35. The van der Waals surface area contributed by atoms with E-state index in [-0.39, 0.29) is 4.31 Å². The Kier molecular flexibility index (Phi) is 9.60. The molecule has 2 aromatic rings. The zero-order valence-electron chi connectivity index (χ0n) is 24.1. The second-order valence-corrected chi connectivity index (χ2v) is 15.0. The van der Waals surface area contributed by atoms with Crippen LogP contribution in [0.1, 0.15) is 11.1 Å². The van der Waals surface area contributed by atoms with Crippen molar-refractivity contribution in [2.45, 2.75) is 29.2 Å². The van der Waals surface area contributed by atoms with E-state index >= 15 is 0 Å². The predicted molar refractivity (Wildman–Crippen MR) is 150 cm³/mol. The van der Waals surface area contributed by atoms with Crippen LogP contribution in [0.25, 0.3) is 0 Å². The van der Waals surface area contributed by atoms with Gasteiger partial charge in [0.2, 0.25) is 0 Å². The minimum absolute atomic E-state index is 0.305. The lowest BCUT2D eigenvalue weighted by Gasteiger charge is -2.33. The Bertz CT molecular complexity index is 1660. The average Bonchev–Trinajstić information content (AvgIpc) is 3.22. The van der Waals surface area contributed by atoms with Gasteiger partial charge in [0.05, 0.1) is 45.3 Å². The van der Waals surface area contributed by atoms with Crippen molar-refractivity contribution in [3.8, 4) is 0 Å². The van der Waals surface area contributed by atoms with Gasteiger partial charge in [-0.25, -0.2) is 26.4 Å². The molecular formula is C25H30N2O13PS2+. The second kappa shape index (κ2) is 12.2. The number of ether oxygens (including phenoxy) is 2. The second-order valence-electron chi connectivity index (χ2n) is 8.86. The molecule has 1 fully saturated rings. The first-order chi connectivity index (χ1) is 20.1. The van der Waals surface area contributed by atoms with Crippen LogP contribution in [-0.4, -0.2) is 89.5 Å². The number of rotatable bonds is 11. The molecule has 3 amide bonds. The normalized spacial score (nSPS) is 18.5. The van der Waals surface area contributed by atoms with Gasteiger partial charge < -0.3 is 14.6 Å². The smallest absolute Gasteiger partial charge is 0.454 e. The summed E-state index contributed by atoms with van der Waals surface area (Å²) in [6, 6.07) is 7.71. The zero-order chi connectivity index (χ0) is 32.5. The van der Waals surface area contributed by atoms with Crippen molar-refractivity contribution < 1.29 is 59.4 Å². The van der Waals surface area contributed by atoms with Crippen LogP contribution in [0.5, 0.6) is 0 Å². The number of esters is 1. The van der Waals surface area contributed by atoms with Crippen molar-refractivity contribution in [1.29, 1.82) is 0 Å². The maximum atomic E-state index is 14.5. The molecule has 1 aliphatic rings. The number of amides is 3. The van der Waals surface area contributed by atoms with Gasteiger partial charge in [-0.15, -0.1) is 4.31 Å². The number of carbonyl (C=O) groups excluding carboxylic acids is 3. The number of aliphatic hydroxyl groups is 1. The number of methoxy groups -OCH3 is 2. The standard InChI is InChI=1S/C25H29N2O13PS2/c1-16-8-12-18(13-9-16)42(32,33)26-22(29)25(23(30)37-4,20(21(28)36-3)41(38-5,39-6)40-7)27(24(26)31)43(34,35)19-14-10-17(2)11-15-19/h8-15H,1-7H3/p+1/b21-20-. The monoisotopic (exact) mass is 661 g/mol. The van der Waals surface area contributed by atoms with Crippen molar-refractivity contribution in [3.63, 3.8) is 0 Å². The molecule has 0 aliphatic carbocycles. The lowest BCUT2D eigenvalue weighted by atomic mass is 9.99. The maximum absolute atomic E-state index is 14.5. The summed E-state index contributed by atoms with van der Waals surface area (Å²) in [5, 5.41) is 9.86. The summed E-state index contributed by atoms with van der Waals surface area (Å²) >= 11 is 0. The van der Waals surface area contributed by atoms with Crippen molar-refractivity contribution in [2.24, 2.45) is 0 Å². The highest BCUT2D eigenvalue weighted by Crippen LogP contribution is 2.72. The fraction of sp³-hybridized carbons (Fsp3) is 0.320. The van der Waals surface area contributed by atoms with E-state index in [1.165, 1.54) is 24.3 Å². The topological polar surface area (TPSA) is 192 Å². The Hall–Kier alpha value is -3.60. The molecule has 2 aromatic carbocycles. The lowest BCUT2D eigenvalue weighted by molar-refractivity contribution is -0.153. The maximum Gasteiger partial charge on any atom is 0.454 e. The molecule has 0 radical (unpaired) electrons. The molecular weight excluding hydrogens is 631 g/mol. The summed E-state index contributed by atoms with van der Waals surface area (Å²) in [5.41, 5.74) is -2.44. The Morgan fingerprint density at radius 3 is 1.53 bits per heavy atom. The Morgan fingerprint density at radius 2 is 1.16 bits per heavy atom. The molecule has 0 spiro atoms. The Labute approximate surface area is 249 Å². The first-order valence-electron chi connectivity index (χ1n) is 12.0. The number of urea groups is 1. The number of hydrogen-bond acceptors (Lipinski definition) is 13. The van der Waals surface area contributed by atoms with E-state index in [4.69, 9.17) is 23.0 Å². The predicted octanol–water partition coefficient (Wildman–Crippen LogP) is 2.63. The minimum Gasteiger partial charge on any atom is -0.478 e. The van der Waals surface area contributed by atoms with Crippen LogP contribution in [0.3, 0.4) is 0 Å². The van der Waals surface area contributed by atoms with Gasteiger partial charge in [0.25, 0.3) is 31.3 Å². The van der Waals surface area contributed by atoms with Gasteiger partial charge in [-0.2, -0.15) is 17.9 Å². The van der Waals surface area contributed by atoms with Gasteiger partial charge in [-0.05, 0) is 38.1 Å². The summed E-state index contributed by atoms with van der Waals surface area (Å²) in [5.74, 6) is -5.16. The molecule has 1 atom stereocenters. The van der Waals surface area contributed by atoms with E-state index in [1.807, 2.05) is 0 Å². The van der Waals surface area contributed by atoms with Gasteiger partial charge >= 0.3 is 31.4 Å². The van der Waals surface area contributed by atoms with Crippen molar-refractivity contribution in [1.82, 2.24) is 8.61 Å². The third-order valence-electron chi connectivity index (χ3n) is 6.48. The number of hydrogen-bond donors (Lipinski definition) is 1. The average molecular weight is 662 g/mol.